The van der Waals surface area contributed by atoms with E-state index >= 15 is 0 Å². The lowest BCUT2D eigenvalue weighted by Gasteiger charge is -2.23. The molecule has 0 bridgehead atoms. The molecule has 3 unspecified atom stereocenters. The van der Waals surface area contributed by atoms with E-state index in [2.05, 4.69) is 0 Å². The van der Waals surface area contributed by atoms with Gasteiger partial charge in [0.2, 0.25) is 5.91 Å². The van der Waals surface area contributed by atoms with Crippen molar-refractivity contribution in [3.63, 3.8) is 0 Å². The Kier molecular flexibility index (Phi) is 3.46. The van der Waals surface area contributed by atoms with Crippen LogP contribution < -0.4 is 0 Å². The van der Waals surface area contributed by atoms with E-state index in [0.29, 0.717) is 18.5 Å². The summed E-state index contributed by atoms with van der Waals surface area (Å²) in [4.78, 5) is 14.1. The predicted molar refractivity (Wildman–Crippen MR) is 69.0 cm³/mol. The Morgan fingerprint density at radius 1 is 1.40 bits per heavy atom. The van der Waals surface area contributed by atoms with E-state index in [0.717, 1.165) is 18.9 Å². The molecule has 0 radical (unpaired) electrons. The number of hydrogen-bond donors (Lipinski definition) is 1. The number of carbonyl (C=O) groups is 1. The fourth-order valence-corrected chi connectivity index (χ4v) is 3.14. The van der Waals surface area contributed by atoms with E-state index in [1.54, 1.807) is 4.90 Å². The molecule has 2 aliphatic rings. The average Bonchev–Trinajstić information content (AvgIpc) is 3.06. The molecule has 0 aromatic heterocycles. The summed E-state index contributed by atoms with van der Waals surface area (Å²) in [7, 11) is 0. The van der Waals surface area contributed by atoms with Gasteiger partial charge in [-0.1, -0.05) is 6.07 Å². The summed E-state index contributed by atoms with van der Waals surface area (Å²) in [6.45, 7) is 0.646. The first-order valence-electron chi connectivity index (χ1n) is 6.98. The number of aliphatic hydroxyl groups is 1. The summed E-state index contributed by atoms with van der Waals surface area (Å²) in [5.41, 5.74) is 0.421. The van der Waals surface area contributed by atoms with Crippen LogP contribution in [0.3, 0.4) is 0 Å². The van der Waals surface area contributed by atoms with E-state index in [4.69, 9.17) is 0 Å². The number of rotatable bonds is 3. The molecule has 1 saturated carbocycles. The second-order valence-electron chi connectivity index (χ2n) is 5.62. The molecular weight excluding hydrogens is 264 g/mol. The quantitative estimate of drug-likeness (QED) is 0.921. The Morgan fingerprint density at radius 3 is 2.90 bits per heavy atom. The minimum absolute atomic E-state index is 0.00437. The maximum atomic E-state index is 13.7. The normalized spacial score (nSPS) is 28.8. The van der Waals surface area contributed by atoms with E-state index in [1.165, 1.54) is 12.1 Å². The van der Waals surface area contributed by atoms with Crippen molar-refractivity contribution in [1.82, 2.24) is 4.90 Å². The average molecular weight is 281 g/mol. The number of nitrogens with zero attached hydrogens (tertiary/aromatic N) is 1. The van der Waals surface area contributed by atoms with Crippen molar-refractivity contribution >= 4 is 5.91 Å². The molecule has 1 aliphatic carbocycles. The Labute approximate surface area is 116 Å². The molecule has 1 saturated heterocycles. The molecule has 1 aromatic carbocycles. The van der Waals surface area contributed by atoms with Gasteiger partial charge >= 0.3 is 0 Å². The molecule has 1 aromatic rings. The summed E-state index contributed by atoms with van der Waals surface area (Å²) in [6, 6.07) is 3.42. The van der Waals surface area contributed by atoms with Gasteiger partial charge in [0.05, 0.1) is 12.6 Å². The minimum atomic E-state index is -0.602. The van der Waals surface area contributed by atoms with Crippen LogP contribution in [0.1, 0.15) is 30.7 Å². The van der Waals surface area contributed by atoms with Crippen LogP contribution in [0.25, 0.3) is 0 Å². The highest BCUT2D eigenvalue weighted by Crippen LogP contribution is 2.49. The summed E-state index contributed by atoms with van der Waals surface area (Å²) >= 11 is 0. The zero-order valence-corrected chi connectivity index (χ0v) is 11.1. The molecule has 3 nitrogen and oxygen atoms in total. The smallest absolute Gasteiger partial charge is 0.226 e. The van der Waals surface area contributed by atoms with Gasteiger partial charge in [0.15, 0.2) is 0 Å². The van der Waals surface area contributed by atoms with Crippen LogP contribution in [-0.2, 0) is 4.79 Å². The number of benzene rings is 1. The SMILES string of the molecule is O=C(C1CC1c1ccc(F)cc1F)N1CCCC1CO. The zero-order valence-electron chi connectivity index (χ0n) is 11.1. The van der Waals surface area contributed by atoms with Gasteiger partial charge in [-0.2, -0.15) is 0 Å². The van der Waals surface area contributed by atoms with Gasteiger partial charge in [-0.15, -0.1) is 0 Å². The lowest BCUT2D eigenvalue weighted by molar-refractivity contribution is -0.134. The maximum Gasteiger partial charge on any atom is 0.226 e. The highest BCUT2D eigenvalue weighted by molar-refractivity contribution is 5.83. The Balaban J connectivity index is 1.71. The van der Waals surface area contributed by atoms with Gasteiger partial charge in [-0.25, -0.2) is 8.78 Å². The number of halogens is 2. The van der Waals surface area contributed by atoms with Crippen LogP contribution in [0.2, 0.25) is 0 Å². The summed E-state index contributed by atoms with van der Waals surface area (Å²) in [5.74, 6) is -1.56. The molecule has 20 heavy (non-hydrogen) atoms. The first-order valence-corrected chi connectivity index (χ1v) is 6.98. The van der Waals surface area contributed by atoms with Crippen molar-refractivity contribution in [2.75, 3.05) is 13.2 Å². The Morgan fingerprint density at radius 2 is 2.20 bits per heavy atom. The van der Waals surface area contributed by atoms with Crippen molar-refractivity contribution in [3.05, 3.63) is 35.4 Å². The number of carbonyl (C=O) groups excluding carboxylic acids is 1. The number of amides is 1. The number of likely N-dealkylation sites (tertiary alicyclic amines) is 1. The zero-order chi connectivity index (χ0) is 14.3. The molecule has 0 spiro atoms. The van der Waals surface area contributed by atoms with Gasteiger partial charge in [-0.05, 0) is 36.8 Å². The van der Waals surface area contributed by atoms with Crippen LogP contribution >= 0.6 is 0 Å². The van der Waals surface area contributed by atoms with Gasteiger partial charge in [0.1, 0.15) is 11.6 Å². The molecule has 3 atom stereocenters. The molecule has 1 heterocycles. The molecule has 1 N–H and O–H groups in total. The molecule has 3 rings (SSSR count). The van der Waals surface area contributed by atoms with Gasteiger partial charge in [-0.3, -0.25) is 4.79 Å². The van der Waals surface area contributed by atoms with Crippen molar-refractivity contribution in [1.29, 1.82) is 0 Å². The van der Waals surface area contributed by atoms with Crippen LogP contribution in [-0.4, -0.2) is 35.1 Å². The highest BCUT2D eigenvalue weighted by Gasteiger charge is 2.48. The molecule has 5 heteroatoms. The van der Waals surface area contributed by atoms with Crippen molar-refractivity contribution in [2.24, 2.45) is 5.92 Å². The molecule has 2 fully saturated rings. The Bertz CT molecular complexity index is 535. The van der Waals surface area contributed by atoms with Crippen LogP contribution in [0.4, 0.5) is 8.78 Å². The fourth-order valence-electron chi connectivity index (χ4n) is 3.14. The number of aliphatic hydroxyl groups excluding tert-OH is 1. The predicted octanol–water partition coefficient (Wildman–Crippen LogP) is 2.05. The monoisotopic (exact) mass is 281 g/mol. The van der Waals surface area contributed by atoms with Gasteiger partial charge < -0.3 is 10.0 Å². The van der Waals surface area contributed by atoms with Crippen molar-refractivity contribution in [3.8, 4) is 0 Å². The van der Waals surface area contributed by atoms with E-state index < -0.39 is 11.6 Å². The lowest BCUT2D eigenvalue weighted by Crippen LogP contribution is -2.38. The first kappa shape index (κ1) is 13.5. The first-order chi connectivity index (χ1) is 9.61. The molecular formula is C15H17F2NO2. The summed E-state index contributed by atoms with van der Waals surface area (Å²) < 4.78 is 26.6. The third-order valence-electron chi connectivity index (χ3n) is 4.34. The Hall–Kier alpha value is -1.49. The highest BCUT2D eigenvalue weighted by atomic mass is 19.1. The standard InChI is InChI=1S/C15H17F2NO2/c16-9-3-4-11(14(17)6-9)12-7-13(12)15(20)18-5-1-2-10(18)8-19/h3-4,6,10,12-13,19H,1-2,5,7-8H2. The second-order valence-corrected chi connectivity index (χ2v) is 5.62. The third-order valence-corrected chi connectivity index (χ3v) is 4.34. The van der Waals surface area contributed by atoms with Crippen LogP contribution in [0.5, 0.6) is 0 Å². The third kappa shape index (κ3) is 2.30. The van der Waals surface area contributed by atoms with Gasteiger partial charge in [0.25, 0.3) is 0 Å². The molecule has 108 valence electrons. The molecule has 1 aliphatic heterocycles. The lowest BCUT2D eigenvalue weighted by atomic mass is 10.1. The van der Waals surface area contributed by atoms with E-state index in [9.17, 15) is 18.7 Å². The van der Waals surface area contributed by atoms with Crippen molar-refractivity contribution < 1.29 is 18.7 Å². The minimum Gasteiger partial charge on any atom is -0.394 e. The van der Waals surface area contributed by atoms with Crippen LogP contribution in [0, 0.1) is 17.6 Å². The summed E-state index contributed by atoms with van der Waals surface area (Å²) in [5, 5.41) is 9.25. The fraction of sp³-hybridized carbons (Fsp3) is 0.533. The number of hydrogen-bond acceptors (Lipinski definition) is 2. The topological polar surface area (TPSA) is 40.5 Å². The largest absolute Gasteiger partial charge is 0.394 e. The maximum absolute atomic E-state index is 13.7. The second kappa shape index (κ2) is 5.13. The van der Waals surface area contributed by atoms with E-state index in [1.807, 2.05) is 0 Å². The van der Waals surface area contributed by atoms with E-state index in [-0.39, 0.29) is 30.4 Å². The van der Waals surface area contributed by atoms with Crippen molar-refractivity contribution in [2.45, 2.75) is 31.2 Å². The molecule has 1 amide bonds. The summed E-state index contributed by atoms with van der Waals surface area (Å²) in [6.07, 6.45) is 2.33. The van der Waals surface area contributed by atoms with Gasteiger partial charge in [0, 0.05) is 18.5 Å². The van der Waals surface area contributed by atoms with Crippen LogP contribution in [0.15, 0.2) is 18.2 Å².